The van der Waals surface area contributed by atoms with E-state index in [1.807, 2.05) is 0 Å². The van der Waals surface area contributed by atoms with Crippen molar-refractivity contribution in [3.63, 3.8) is 0 Å². The summed E-state index contributed by atoms with van der Waals surface area (Å²) in [7, 11) is 0. The second kappa shape index (κ2) is 7.15. The van der Waals surface area contributed by atoms with Crippen LogP contribution in [0.4, 0.5) is 0 Å². The molecular formula is C14H22O2. The average molecular weight is 222 g/mol. The normalized spacial score (nSPS) is 24.5. The van der Waals surface area contributed by atoms with E-state index >= 15 is 0 Å². The number of allylic oxidation sites excluding steroid dienone is 1. The van der Waals surface area contributed by atoms with Gasteiger partial charge in [-0.1, -0.05) is 19.7 Å². The van der Waals surface area contributed by atoms with Gasteiger partial charge in [0.1, 0.15) is 5.76 Å². The van der Waals surface area contributed by atoms with Crippen molar-refractivity contribution in [2.24, 2.45) is 11.8 Å². The van der Waals surface area contributed by atoms with Crippen molar-refractivity contribution in [2.75, 3.05) is 13.2 Å². The van der Waals surface area contributed by atoms with Crippen LogP contribution in [0.25, 0.3) is 0 Å². The van der Waals surface area contributed by atoms with Crippen molar-refractivity contribution >= 4 is 0 Å². The van der Waals surface area contributed by atoms with Crippen LogP contribution in [0, 0.1) is 11.8 Å². The molecule has 1 rings (SSSR count). The molecule has 0 amide bonds. The first-order valence-corrected chi connectivity index (χ1v) is 5.93. The van der Waals surface area contributed by atoms with Crippen LogP contribution in [0.2, 0.25) is 0 Å². The van der Waals surface area contributed by atoms with Crippen LogP contribution in [0.3, 0.4) is 0 Å². The lowest BCUT2D eigenvalue weighted by atomic mass is 9.83. The van der Waals surface area contributed by atoms with Crippen molar-refractivity contribution in [3.05, 3.63) is 37.8 Å². The smallest absolute Gasteiger partial charge is 0.111 e. The standard InChI is InChI=1S/C14H22O2/c1-4-12(3)16-11-14-8-6-13(7-9-14)10-15-5-2/h4-5,13-14H,1-3,6-11H2. The fraction of sp³-hybridized carbons (Fsp3) is 0.571. The van der Waals surface area contributed by atoms with Gasteiger partial charge in [0.25, 0.3) is 0 Å². The Bertz CT molecular complexity index is 237. The van der Waals surface area contributed by atoms with Crippen LogP contribution < -0.4 is 0 Å². The van der Waals surface area contributed by atoms with Gasteiger partial charge in [0, 0.05) is 0 Å². The summed E-state index contributed by atoms with van der Waals surface area (Å²) in [6.07, 6.45) is 8.07. The minimum atomic E-state index is 0.664. The summed E-state index contributed by atoms with van der Waals surface area (Å²) in [4.78, 5) is 0. The van der Waals surface area contributed by atoms with Crippen molar-refractivity contribution in [3.8, 4) is 0 Å². The van der Waals surface area contributed by atoms with Crippen LogP contribution in [-0.4, -0.2) is 13.2 Å². The minimum Gasteiger partial charge on any atom is -0.502 e. The molecule has 1 aliphatic carbocycles. The Labute approximate surface area is 98.6 Å². The molecule has 0 heterocycles. The van der Waals surface area contributed by atoms with Crippen molar-refractivity contribution in [2.45, 2.75) is 25.7 Å². The third kappa shape index (κ3) is 4.56. The first kappa shape index (κ1) is 12.9. The number of hydrogen-bond acceptors (Lipinski definition) is 2. The molecule has 0 aliphatic heterocycles. The highest BCUT2D eigenvalue weighted by Gasteiger charge is 2.21. The van der Waals surface area contributed by atoms with E-state index in [-0.39, 0.29) is 0 Å². The molecule has 2 heteroatoms. The van der Waals surface area contributed by atoms with E-state index in [1.54, 1.807) is 6.08 Å². The van der Waals surface area contributed by atoms with Crippen LogP contribution in [0.5, 0.6) is 0 Å². The summed E-state index contributed by atoms with van der Waals surface area (Å²) in [6.45, 7) is 12.5. The number of rotatable bonds is 7. The quantitative estimate of drug-likeness (QED) is 0.483. The predicted molar refractivity (Wildman–Crippen MR) is 66.9 cm³/mol. The lowest BCUT2D eigenvalue weighted by Crippen LogP contribution is -2.20. The first-order chi connectivity index (χ1) is 7.76. The zero-order valence-corrected chi connectivity index (χ0v) is 9.99. The van der Waals surface area contributed by atoms with E-state index in [9.17, 15) is 0 Å². The SMILES string of the molecule is C=COCC1CCC(COC(=C)C=C)CC1. The van der Waals surface area contributed by atoms with Gasteiger partial charge < -0.3 is 9.47 Å². The molecule has 2 nitrogen and oxygen atoms in total. The molecule has 1 saturated carbocycles. The summed E-state index contributed by atoms with van der Waals surface area (Å²) < 4.78 is 10.7. The molecule has 0 saturated heterocycles. The second-order valence-corrected chi connectivity index (χ2v) is 4.37. The molecule has 0 aromatic carbocycles. The maximum Gasteiger partial charge on any atom is 0.111 e. The molecule has 0 spiro atoms. The molecule has 0 aromatic rings. The Morgan fingerprint density at radius 1 is 1.06 bits per heavy atom. The second-order valence-electron chi connectivity index (χ2n) is 4.37. The van der Waals surface area contributed by atoms with Crippen LogP contribution in [0.15, 0.2) is 37.8 Å². The number of ether oxygens (including phenoxy) is 2. The van der Waals surface area contributed by atoms with E-state index in [0.29, 0.717) is 17.6 Å². The average Bonchev–Trinajstić information content (AvgIpc) is 2.34. The molecule has 0 N–H and O–H groups in total. The van der Waals surface area contributed by atoms with Crippen molar-refractivity contribution < 1.29 is 9.47 Å². The van der Waals surface area contributed by atoms with Crippen LogP contribution in [0.1, 0.15) is 25.7 Å². The zero-order chi connectivity index (χ0) is 11.8. The summed E-state index contributed by atoms with van der Waals surface area (Å²) in [5.41, 5.74) is 0. The van der Waals surface area contributed by atoms with Crippen LogP contribution in [-0.2, 0) is 9.47 Å². The summed E-state index contributed by atoms with van der Waals surface area (Å²) in [6, 6.07) is 0. The van der Waals surface area contributed by atoms with Gasteiger partial charge in [-0.15, -0.1) is 0 Å². The Morgan fingerprint density at radius 3 is 2.12 bits per heavy atom. The lowest BCUT2D eigenvalue weighted by Gasteiger charge is -2.27. The molecule has 16 heavy (non-hydrogen) atoms. The van der Waals surface area contributed by atoms with Gasteiger partial charge in [0.15, 0.2) is 0 Å². The molecule has 1 fully saturated rings. The Balaban J connectivity index is 2.14. The Morgan fingerprint density at radius 2 is 1.62 bits per heavy atom. The van der Waals surface area contributed by atoms with E-state index in [2.05, 4.69) is 19.7 Å². The highest BCUT2D eigenvalue weighted by molar-refractivity contribution is 5.01. The van der Waals surface area contributed by atoms with Crippen molar-refractivity contribution in [1.29, 1.82) is 0 Å². The van der Waals surface area contributed by atoms with Gasteiger partial charge in [-0.25, -0.2) is 0 Å². The molecule has 0 bridgehead atoms. The third-order valence-corrected chi connectivity index (χ3v) is 3.15. The summed E-state index contributed by atoms with van der Waals surface area (Å²) in [5.74, 6) is 2.03. The zero-order valence-electron chi connectivity index (χ0n) is 9.99. The molecule has 0 unspecified atom stereocenters. The van der Waals surface area contributed by atoms with Gasteiger partial charge in [-0.3, -0.25) is 0 Å². The van der Waals surface area contributed by atoms with Crippen molar-refractivity contribution in [1.82, 2.24) is 0 Å². The van der Waals surface area contributed by atoms with Crippen LogP contribution >= 0.6 is 0 Å². The van der Waals surface area contributed by atoms with E-state index in [4.69, 9.17) is 9.47 Å². The van der Waals surface area contributed by atoms with Gasteiger partial charge in [-0.2, -0.15) is 0 Å². The molecular weight excluding hydrogens is 200 g/mol. The fourth-order valence-corrected chi connectivity index (χ4v) is 2.05. The van der Waals surface area contributed by atoms with Gasteiger partial charge in [0.05, 0.1) is 19.5 Å². The fourth-order valence-electron chi connectivity index (χ4n) is 2.05. The third-order valence-electron chi connectivity index (χ3n) is 3.15. The Hall–Kier alpha value is -1.18. The molecule has 0 aromatic heterocycles. The maximum absolute atomic E-state index is 5.49. The molecule has 0 atom stereocenters. The summed E-state index contributed by atoms with van der Waals surface area (Å²) in [5, 5.41) is 0. The topological polar surface area (TPSA) is 18.5 Å². The van der Waals surface area contributed by atoms with Gasteiger partial charge in [0.2, 0.25) is 0 Å². The molecule has 90 valence electrons. The highest BCUT2D eigenvalue weighted by atomic mass is 16.5. The minimum absolute atomic E-state index is 0.664. The van der Waals surface area contributed by atoms with E-state index in [1.165, 1.54) is 31.9 Å². The highest BCUT2D eigenvalue weighted by Crippen LogP contribution is 2.29. The first-order valence-electron chi connectivity index (χ1n) is 5.93. The number of hydrogen-bond donors (Lipinski definition) is 0. The van der Waals surface area contributed by atoms with E-state index in [0.717, 1.165) is 13.2 Å². The largest absolute Gasteiger partial charge is 0.502 e. The lowest BCUT2D eigenvalue weighted by molar-refractivity contribution is 0.107. The molecule has 1 aliphatic rings. The Kier molecular flexibility index (Phi) is 5.76. The monoisotopic (exact) mass is 222 g/mol. The maximum atomic E-state index is 5.49. The predicted octanol–water partition coefficient (Wildman–Crippen LogP) is 3.67. The molecule has 0 radical (unpaired) electrons. The van der Waals surface area contributed by atoms with Gasteiger partial charge >= 0.3 is 0 Å². The summed E-state index contributed by atoms with van der Waals surface area (Å²) >= 11 is 0. The van der Waals surface area contributed by atoms with E-state index < -0.39 is 0 Å². The van der Waals surface area contributed by atoms with Gasteiger partial charge in [-0.05, 0) is 43.6 Å².